The number of amides is 2. The van der Waals surface area contributed by atoms with E-state index in [4.69, 9.17) is 5.73 Å². The number of benzene rings is 3. The molecule has 0 heterocycles. The molecule has 0 saturated carbocycles. The molecule has 0 spiro atoms. The molecule has 2 unspecified atom stereocenters. The Bertz CT molecular complexity index is 1270. The summed E-state index contributed by atoms with van der Waals surface area (Å²) < 4.78 is 0. The molecule has 7 heteroatoms. The molecule has 0 aliphatic heterocycles. The summed E-state index contributed by atoms with van der Waals surface area (Å²) in [6.45, 7) is 6.11. The Morgan fingerprint density at radius 3 is 2.12 bits per heavy atom. The van der Waals surface area contributed by atoms with Crippen molar-refractivity contribution in [2.75, 3.05) is 11.9 Å². The Morgan fingerprint density at radius 2 is 1.50 bits per heavy atom. The number of nitrogens with one attached hydrogen (secondary N) is 2. The Balaban J connectivity index is 1.63. The highest BCUT2D eigenvalue weighted by Crippen LogP contribution is 2.24. The number of nitrogens with two attached hydrogens (primary N) is 1. The zero-order chi connectivity index (χ0) is 29.1. The quantitative estimate of drug-likeness (QED) is 0.229. The summed E-state index contributed by atoms with van der Waals surface area (Å²) in [5.41, 5.74) is 10.1. The first-order valence-electron chi connectivity index (χ1n) is 13.8. The van der Waals surface area contributed by atoms with E-state index in [0.29, 0.717) is 31.5 Å². The average Bonchev–Trinajstić information content (AvgIpc) is 2.91. The van der Waals surface area contributed by atoms with E-state index >= 15 is 0 Å². The summed E-state index contributed by atoms with van der Waals surface area (Å²) >= 11 is 0. The van der Waals surface area contributed by atoms with E-state index in [1.165, 1.54) is 0 Å². The van der Waals surface area contributed by atoms with Gasteiger partial charge in [0.1, 0.15) is 6.04 Å². The van der Waals surface area contributed by atoms with E-state index < -0.39 is 29.3 Å². The lowest BCUT2D eigenvalue weighted by Gasteiger charge is -2.31. The molecule has 0 saturated heterocycles. The number of anilines is 1. The van der Waals surface area contributed by atoms with E-state index in [-0.39, 0.29) is 12.3 Å². The molecule has 0 aliphatic rings. The average molecular weight is 544 g/mol. The van der Waals surface area contributed by atoms with Crippen molar-refractivity contribution < 1.29 is 19.5 Å². The molecule has 5 N–H and O–H groups in total. The highest BCUT2D eigenvalue weighted by atomic mass is 16.4. The second-order valence-corrected chi connectivity index (χ2v) is 11.3. The van der Waals surface area contributed by atoms with Crippen LogP contribution in [0.25, 0.3) is 11.1 Å². The summed E-state index contributed by atoms with van der Waals surface area (Å²) in [7, 11) is 0. The number of carboxylic acids is 1. The number of aliphatic carboxylic acids is 1. The topological polar surface area (TPSA) is 122 Å². The first kappa shape index (κ1) is 30.6. The van der Waals surface area contributed by atoms with E-state index in [1.54, 1.807) is 6.07 Å². The molecular formula is C33H41N3O4. The van der Waals surface area contributed by atoms with Gasteiger partial charge in [0.25, 0.3) is 0 Å². The summed E-state index contributed by atoms with van der Waals surface area (Å²) in [6, 6.07) is 25.0. The molecule has 0 bridgehead atoms. The number of aryl methyl sites for hydroxylation is 1. The van der Waals surface area contributed by atoms with Gasteiger partial charge in [0.2, 0.25) is 11.8 Å². The summed E-state index contributed by atoms with van der Waals surface area (Å²) in [4.78, 5) is 38.2. The second kappa shape index (κ2) is 14.4. The minimum absolute atomic E-state index is 0.293. The van der Waals surface area contributed by atoms with Gasteiger partial charge in [-0.15, -0.1) is 0 Å². The van der Waals surface area contributed by atoms with Crippen LogP contribution >= 0.6 is 0 Å². The summed E-state index contributed by atoms with van der Waals surface area (Å²) in [5, 5.41) is 15.3. The Morgan fingerprint density at radius 1 is 0.825 bits per heavy atom. The van der Waals surface area contributed by atoms with Gasteiger partial charge in [-0.05, 0) is 72.0 Å². The third-order valence-electron chi connectivity index (χ3n) is 6.91. The lowest BCUT2D eigenvalue weighted by Crippen LogP contribution is -2.53. The van der Waals surface area contributed by atoms with E-state index in [1.807, 2.05) is 57.2 Å². The van der Waals surface area contributed by atoms with E-state index in [9.17, 15) is 19.5 Å². The molecule has 0 aromatic heterocycles. The fourth-order valence-electron chi connectivity index (χ4n) is 4.70. The van der Waals surface area contributed by atoms with Crippen LogP contribution in [0.15, 0.2) is 78.9 Å². The molecule has 0 fully saturated rings. The van der Waals surface area contributed by atoms with Crippen molar-refractivity contribution >= 4 is 23.5 Å². The number of hydrogen-bond donors (Lipinski definition) is 4. The molecule has 0 radical (unpaired) electrons. The summed E-state index contributed by atoms with van der Waals surface area (Å²) in [5.74, 6) is -2.56. The predicted molar refractivity (Wildman–Crippen MR) is 160 cm³/mol. The number of carbonyl (C=O) groups is 3. The van der Waals surface area contributed by atoms with Gasteiger partial charge in [0, 0.05) is 11.6 Å². The first-order chi connectivity index (χ1) is 19.1. The van der Waals surface area contributed by atoms with Crippen LogP contribution in [0.5, 0.6) is 0 Å². The van der Waals surface area contributed by atoms with Gasteiger partial charge in [0.05, 0.1) is 6.42 Å². The minimum atomic E-state index is -1.04. The van der Waals surface area contributed by atoms with Crippen LogP contribution in [0, 0.1) is 11.3 Å². The summed E-state index contributed by atoms with van der Waals surface area (Å²) in [6.07, 6.45) is 2.17. The van der Waals surface area contributed by atoms with Gasteiger partial charge in [-0.25, -0.2) is 0 Å². The lowest BCUT2D eigenvalue weighted by molar-refractivity contribution is -0.141. The maximum Gasteiger partial charge on any atom is 0.304 e. The zero-order valence-corrected chi connectivity index (χ0v) is 23.7. The molecule has 2 amide bonds. The number of hydrogen-bond acceptors (Lipinski definition) is 4. The molecule has 7 nitrogen and oxygen atoms in total. The highest BCUT2D eigenvalue weighted by Gasteiger charge is 2.35. The highest BCUT2D eigenvalue weighted by molar-refractivity contribution is 5.98. The van der Waals surface area contributed by atoms with Gasteiger partial charge in [-0.2, -0.15) is 0 Å². The Kier molecular flexibility index (Phi) is 11.0. The number of carbonyl (C=O) groups excluding carboxylic acids is 2. The van der Waals surface area contributed by atoms with Crippen LogP contribution in [-0.4, -0.2) is 35.5 Å². The van der Waals surface area contributed by atoms with Gasteiger partial charge in [-0.3, -0.25) is 14.4 Å². The standard InChI is InChI=1S/C33H41N3O4/c1-33(2,3)30(32(40)35-28-14-8-10-24(21-28)19-20-34)36-31(39)27(22-29(37)38)13-7-9-23-15-17-26(18-16-23)25-11-5-4-6-12-25/h4-6,8,10-12,14-18,21,27,30H,7,9,13,19-20,22,34H2,1-3H3,(H,35,40)(H,36,39)(H,37,38). The van der Waals surface area contributed by atoms with Gasteiger partial charge >= 0.3 is 5.97 Å². The number of carboxylic acid groups (broad SMARTS) is 1. The Hall–Kier alpha value is -3.97. The van der Waals surface area contributed by atoms with Crippen molar-refractivity contribution in [1.29, 1.82) is 0 Å². The van der Waals surface area contributed by atoms with Gasteiger partial charge in [-0.1, -0.05) is 87.5 Å². The van der Waals surface area contributed by atoms with Gasteiger partial charge in [0.15, 0.2) is 0 Å². The van der Waals surface area contributed by atoms with Crippen LogP contribution < -0.4 is 16.4 Å². The van der Waals surface area contributed by atoms with Crippen molar-refractivity contribution in [2.45, 2.75) is 58.9 Å². The monoisotopic (exact) mass is 543 g/mol. The molecular weight excluding hydrogens is 502 g/mol. The molecule has 212 valence electrons. The third kappa shape index (κ3) is 9.35. The van der Waals surface area contributed by atoms with Gasteiger partial charge < -0.3 is 21.5 Å². The third-order valence-corrected chi connectivity index (χ3v) is 6.91. The van der Waals surface area contributed by atoms with Crippen LogP contribution in [-0.2, 0) is 27.2 Å². The van der Waals surface area contributed by atoms with Crippen molar-refractivity contribution in [3.8, 4) is 11.1 Å². The Labute approximate surface area is 237 Å². The van der Waals surface area contributed by atoms with Crippen LogP contribution in [0.4, 0.5) is 5.69 Å². The molecule has 3 rings (SSSR count). The normalized spacial score (nSPS) is 12.8. The zero-order valence-electron chi connectivity index (χ0n) is 23.7. The molecule has 2 atom stereocenters. The van der Waals surface area contributed by atoms with Crippen molar-refractivity contribution in [3.63, 3.8) is 0 Å². The minimum Gasteiger partial charge on any atom is -0.481 e. The van der Waals surface area contributed by atoms with Crippen molar-refractivity contribution in [3.05, 3.63) is 90.0 Å². The molecule has 3 aromatic carbocycles. The first-order valence-corrected chi connectivity index (χ1v) is 13.8. The maximum absolute atomic E-state index is 13.3. The predicted octanol–water partition coefficient (Wildman–Crippen LogP) is 5.44. The van der Waals surface area contributed by atoms with E-state index in [0.717, 1.165) is 28.7 Å². The SMILES string of the molecule is CC(C)(C)C(NC(=O)C(CCCc1ccc(-c2ccccc2)cc1)CC(=O)O)C(=O)Nc1cccc(CCN)c1. The lowest BCUT2D eigenvalue weighted by atomic mass is 9.85. The van der Waals surface area contributed by atoms with Crippen LogP contribution in [0.2, 0.25) is 0 Å². The fraction of sp³-hybridized carbons (Fsp3) is 0.364. The van der Waals surface area contributed by atoms with Crippen LogP contribution in [0.3, 0.4) is 0 Å². The second-order valence-electron chi connectivity index (χ2n) is 11.3. The maximum atomic E-state index is 13.3. The van der Waals surface area contributed by atoms with Crippen molar-refractivity contribution in [2.24, 2.45) is 17.1 Å². The molecule has 40 heavy (non-hydrogen) atoms. The van der Waals surface area contributed by atoms with E-state index in [2.05, 4.69) is 47.0 Å². The molecule has 3 aromatic rings. The fourth-order valence-corrected chi connectivity index (χ4v) is 4.70. The molecule has 0 aliphatic carbocycles. The number of rotatable bonds is 13. The largest absolute Gasteiger partial charge is 0.481 e. The van der Waals surface area contributed by atoms with Crippen LogP contribution in [0.1, 0.15) is 51.2 Å². The smallest absolute Gasteiger partial charge is 0.304 e. The van der Waals surface area contributed by atoms with Crippen molar-refractivity contribution in [1.82, 2.24) is 5.32 Å².